The molecule has 1 heterocycles. The van der Waals surface area contributed by atoms with Crippen molar-refractivity contribution in [2.45, 2.75) is 26.2 Å². The summed E-state index contributed by atoms with van der Waals surface area (Å²) in [6.07, 6.45) is 0. The van der Waals surface area contributed by atoms with Crippen molar-refractivity contribution < 1.29 is 4.79 Å². The van der Waals surface area contributed by atoms with Gasteiger partial charge in [0.2, 0.25) is 0 Å². The highest BCUT2D eigenvalue weighted by atomic mass is 32.1. The number of carbonyl (C=O) groups excluding carboxylic acids is 1. The molecule has 12 heavy (non-hydrogen) atoms. The summed E-state index contributed by atoms with van der Waals surface area (Å²) >= 11 is 1.05. The summed E-state index contributed by atoms with van der Waals surface area (Å²) in [4.78, 5) is 11.3. The standard InChI is InChI=1S/C7H11N3OS/c1-7(2,3)5-4(6(8)11)12-10-9-5/h1-3H3,(H2,8,11). The molecule has 2 N–H and O–H groups in total. The lowest BCUT2D eigenvalue weighted by Crippen LogP contribution is -2.19. The van der Waals surface area contributed by atoms with Crippen LogP contribution in [0.5, 0.6) is 0 Å². The van der Waals surface area contributed by atoms with Crippen molar-refractivity contribution in [2.24, 2.45) is 5.73 Å². The Balaban J connectivity index is 3.17. The summed E-state index contributed by atoms with van der Waals surface area (Å²) in [5.41, 5.74) is 5.66. The van der Waals surface area contributed by atoms with Gasteiger partial charge in [-0.25, -0.2) is 0 Å². The van der Waals surface area contributed by atoms with Crippen molar-refractivity contribution in [3.63, 3.8) is 0 Å². The Hall–Kier alpha value is -0.970. The normalized spacial score (nSPS) is 11.6. The Morgan fingerprint density at radius 2 is 2.08 bits per heavy atom. The first-order valence-corrected chi connectivity index (χ1v) is 4.33. The third-order valence-electron chi connectivity index (χ3n) is 1.42. The van der Waals surface area contributed by atoms with E-state index < -0.39 is 5.91 Å². The quantitative estimate of drug-likeness (QED) is 0.707. The Bertz CT molecular complexity index is 300. The third-order valence-corrected chi connectivity index (χ3v) is 2.16. The SMILES string of the molecule is CC(C)(C)c1nnsc1C(N)=O. The summed E-state index contributed by atoms with van der Waals surface area (Å²) in [6.45, 7) is 5.91. The molecule has 0 atom stereocenters. The number of primary amides is 1. The zero-order valence-electron chi connectivity index (χ0n) is 7.29. The van der Waals surface area contributed by atoms with Crippen molar-refractivity contribution in [2.75, 3.05) is 0 Å². The average molecular weight is 185 g/mol. The molecule has 66 valence electrons. The molecular formula is C7H11N3OS. The van der Waals surface area contributed by atoms with Gasteiger partial charge in [0, 0.05) is 5.41 Å². The van der Waals surface area contributed by atoms with Gasteiger partial charge in [-0.15, -0.1) is 5.10 Å². The number of hydrogen-bond donors (Lipinski definition) is 1. The first-order valence-electron chi connectivity index (χ1n) is 3.55. The van der Waals surface area contributed by atoms with Gasteiger partial charge in [0.1, 0.15) is 4.88 Å². The van der Waals surface area contributed by atoms with E-state index in [-0.39, 0.29) is 5.41 Å². The van der Waals surface area contributed by atoms with E-state index in [4.69, 9.17) is 5.73 Å². The smallest absolute Gasteiger partial charge is 0.262 e. The molecule has 1 amide bonds. The molecule has 0 spiro atoms. The molecule has 1 aromatic rings. The predicted molar refractivity (Wildman–Crippen MR) is 47.1 cm³/mol. The van der Waals surface area contributed by atoms with E-state index in [0.29, 0.717) is 10.6 Å². The summed E-state index contributed by atoms with van der Waals surface area (Å²) in [7, 11) is 0. The molecule has 0 aliphatic rings. The molecule has 0 saturated heterocycles. The molecule has 0 aromatic carbocycles. The van der Waals surface area contributed by atoms with Crippen LogP contribution in [0.1, 0.15) is 36.1 Å². The molecule has 0 fully saturated rings. The van der Waals surface area contributed by atoms with Gasteiger partial charge >= 0.3 is 0 Å². The van der Waals surface area contributed by atoms with E-state index in [1.807, 2.05) is 20.8 Å². The molecule has 1 aromatic heterocycles. The molecular weight excluding hydrogens is 174 g/mol. The van der Waals surface area contributed by atoms with E-state index in [9.17, 15) is 4.79 Å². The van der Waals surface area contributed by atoms with E-state index in [1.54, 1.807) is 0 Å². The molecule has 0 bridgehead atoms. The van der Waals surface area contributed by atoms with Crippen LogP contribution < -0.4 is 5.73 Å². The van der Waals surface area contributed by atoms with Crippen molar-refractivity contribution in [3.8, 4) is 0 Å². The Labute approximate surface area is 74.9 Å². The largest absolute Gasteiger partial charge is 0.365 e. The summed E-state index contributed by atoms with van der Waals surface area (Å²) in [5, 5.41) is 3.88. The molecule has 1 rings (SSSR count). The van der Waals surface area contributed by atoms with Crippen LogP contribution >= 0.6 is 11.5 Å². The van der Waals surface area contributed by atoms with E-state index >= 15 is 0 Å². The lowest BCUT2D eigenvalue weighted by molar-refractivity contribution is 0.100. The number of aromatic nitrogens is 2. The Morgan fingerprint density at radius 1 is 1.50 bits per heavy atom. The van der Waals surface area contributed by atoms with Gasteiger partial charge < -0.3 is 5.73 Å². The van der Waals surface area contributed by atoms with Crippen molar-refractivity contribution in [3.05, 3.63) is 10.6 Å². The van der Waals surface area contributed by atoms with Crippen molar-refractivity contribution in [1.82, 2.24) is 9.59 Å². The molecule has 0 radical (unpaired) electrons. The van der Waals surface area contributed by atoms with Crippen molar-refractivity contribution >= 4 is 17.4 Å². The average Bonchev–Trinajstić information content (AvgIpc) is 2.30. The highest BCUT2D eigenvalue weighted by Crippen LogP contribution is 2.24. The maximum Gasteiger partial charge on any atom is 0.262 e. The van der Waals surface area contributed by atoms with Gasteiger partial charge in [-0.3, -0.25) is 4.79 Å². The lowest BCUT2D eigenvalue weighted by atomic mass is 9.91. The van der Waals surface area contributed by atoms with E-state index in [2.05, 4.69) is 9.59 Å². The van der Waals surface area contributed by atoms with Crippen LogP contribution in [-0.4, -0.2) is 15.5 Å². The van der Waals surface area contributed by atoms with Crippen LogP contribution in [0.4, 0.5) is 0 Å². The van der Waals surface area contributed by atoms with Gasteiger partial charge in [-0.05, 0) is 11.5 Å². The Morgan fingerprint density at radius 3 is 2.42 bits per heavy atom. The van der Waals surface area contributed by atoms with Crippen LogP contribution in [0, 0.1) is 0 Å². The van der Waals surface area contributed by atoms with E-state index in [0.717, 1.165) is 11.5 Å². The van der Waals surface area contributed by atoms with Gasteiger partial charge in [-0.2, -0.15) is 0 Å². The second-order valence-corrected chi connectivity index (χ2v) is 4.32. The number of hydrogen-bond acceptors (Lipinski definition) is 4. The minimum Gasteiger partial charge on any atom is -0.365 e. The summed E-state index contributed by atoms with van der Waals surface area (Å²) < 4.78 is 3.70. The maximum absolute atomic E-state index is 10.9. The van der Waals surface area contributed by atoms with E-state index in [1.165, 1.54) is 0 Å². The van der Waals surface area contributed by atoms with Crippen LogP contribution in [0.25, 0.3) is 0 Å². The fraction of sp³-hybridized carbons (Fsp3) is 0.571. The highest BCUT2D eigenvalue weighted by molar-refractivity contribution is 7.08. The Kier molecular flexibility index (Phi) is 2.14. The molecule has 0 unspecified atom stereocenters. The van der Waals surface area contributed by atoms with Gasteiger partial charge in [0.15, 0.2) is 0 Å². The minimum absolute atomic E-state index is 0.169. The first kappa shape index (κ1) is 9.12. The number of amides is 1. The minimum atomic E-state index is -0.449. The summed E-state index contributed by atoms with van der Waals surface area (Å²) in [6, 6.07) is 0. The van der Waals surface area contributed by atoms with Gasteiger partial charge in [0.25, 0.3) is 5.91 Å². The fourth-order valence-corrected chi connectivity index (χ4v) is 1.57. The second kappa shape index (κ2) is 2.82. The first-order chi connectivity index (χ1) is 5.43. The summed E-state index contributed by atoms with van der Waals surface area (Å²) in [5.74, 6) is -0.449. The molecule has 0 aliphatic heterocycles. The maximum atomic E-state index is 10.9. The van der Waals surface area contributed by atoms with Crippen molar-refractivity contribution in [1.29, 1.82) is 0 Å². The van der Waals surface area contributed by atoms with Crippen LogP contribution in [-0.2, 0) is 5.41 Å². The fourth-order valence-electron chi connectivity index (χ4n) is 0.843. The van der Waals surface area contributed by atoms with Gasteiger partial charge in [-0.1, -0.05) is 25.3 Å². The number of rotatable bonds is 1. The number of carbonyl (C=O) groups is 1. The van der Waals surface area contributed by atoms with Gasteiger partial charge in [0.05, 0.1) is 5.69 Å². The zero-order chi connectivity index (χ0) is 9.35. The molecule has 5 heteroatoms. The van der Waals surface area contributed by atoms with Crippen LogP contribution in [0.3, 0.4) is 0 Å². The third kappa shape index (κ3) is 1.61. The second-order valence-electron chi connectivity index (χ2n) is 3.56. The zero-order valence-corrected chi connectivity index (χ0v) is 8.10. The number of nitrogens with zero attached hydrogens (tertiary/aromatic N) is 2. The monoisotopic (exact) mass is 185 g/mol. The molecule has 0 saturated carbocycles. The topological polar surface area (TPSA) is 68.9 Å². The molecule has 4 nitrogen and oxygen atoms in total. The van der Waals surface area contributed by atoms with Crippen LogP contribution in [0.15, 0.2) is 0 Å². The predicted octanol–water partition coefficient (Wildman–Crippen LogP) is 0.935. The number of nitrogens with two attached hydrogens (primary N) is 1. The molecule has 0 aliphatic carbocycles. The van der Waals surface area contributed by atoms with Crippen LogP contribution in [0.2, 0.25) is 0 Å². The lowest BCUT2D eigenvalue weighted by Gasteiger charge is -2.14. The highest BCUT2D eigenvalue weighted by Gasteiger charge is 2.24.